The van der Waals surface area contributed by atoms with E-state index >= 15 is 0 Å². The highest BCUT2D eigenvalue weighted by Gasteiger charge is 2.37. The third-order valence-corrected chi connectivity index (χ3v) is 4.96. The summed E-state index contributed by atoms with van der Waals surface area (Å²) in [5.74, 6) is -1.68. The number of hydrogen-bond acceptors (Lipinski definition) is 5. The molecule has 1 aliphatic carbocycles. The van der Waals surface area contributed by atoms with Gasteiger partial charge in [-0.2, -0.15) is 13.2 Å². The van der Waals surface area contributed by atoms with Crippen LogP contribution in [0.1, 0.15) is 53.9 Å². The first kappa shape index (κ1) is 21.9. The zero-order valence-electron chi connectivity index (χ0n) is 16.5. The van der Waals surface area contributed by atoms with Crippen LogP contribution in [0.2, 0.25) is 0 Å². The first-order valence-corrected chi connectivity index (χ1v) is 9.48. The zero-order chi connectivity index (χ0) is 21.9. The summed E-state index contributed by atoms with van der Waals surface area (Å²) in [6.07, 6.45) is -2.05. The third kappa shape index (κ3) is 4.84. The second kappa shape index (κ2) is 8.91. The molecule has 2 aromatic rings. The summed E-state index contributed by atoms with van der Waals surface area (Å²) in [5, 5.41) is 9.31. The van der Waals surface area contributed by atoms with Gasteiger partial charge in [0, 0.05) is 20.0 Å². The number of carboxylic acids is 1. The summed E-state index contributed by atoms with van der Waals surface area (Å²) in [4.78, 5) is 15.7. The molecule has 0 bridgehead atoms. The number of carboxylic acid groups (broad SMARTS) is 1. The van der Waals surface area contributed by atoms with Crippen LogP contribution in [0.25, 0.3) is 0 Å². The number of alkyl halides is 3. The van der Waals surface area contributed by atoms with E-state index in [-0.39, 0.29) is 18.6 Å². The molecule has 1 saturated carbocycles. The van der Waals surface area contributed by atoms with Crippen LogP contribution in [-0.2, 0) is 10.9 Å². The first-order valence-electron chi connectivity index (χ1n) is 9.48. The number of rotatable bonds is 8. The first-order chi connectivity index (χ1) is 14.2. The van der Waals surface area contributed by atoms with Crippen LogP contribution in [0.5, 0.6) is 11.5 Å². The van der Waals surface area contributed by atoms with Gasteiger partial charge in [-0.15, -0.1) is 0 Å². The maximum absolute atomic E-state index is 13.4. The molecule has 9 heteroatoms. The molecule has 1 atom stereocenters. The van der Waals surface area contributed by atoms with Gasteiger partial charge in [-0.3, -0.25) is 4.98 Å². The molecule has 1 aromatic heterocycles. The molecule has 0 amide bonds. The van der Waals surface area contributed by atoms with Crippen molar-refractivity contribution < 1.29 is 37.3 Å². The average Bonchev–Trinajstić information content (AvgIpc) is 2.68. The van der Waals surface area contributed by atoms with E-state index in [1.165, 1.54) is 6.20 Å². The number of hydrogen-bond donors (Lipinski definition) is 1. The van der Waals surface area contributed by atoms with E-state index in [2.05, 4.69) is 4.98 Å². The van der Waals surface area contributed by atoms with Gasteiger partial charge in [-0.1, -0.05) is 13.0 Å². The Morgan fingerprint density at radius 2 is 1.97 bits per heavy atom. The van der Waals surface area contributed by atoms with Crippen molar-refractivity contribution in [1.82, 2.24) is 4.98 Å². The van der Waals surface area contributed by atoms with Crippen LogP contribution in [-0.4, -0.2) is 35.4 Å². The Morgan fingerprint density at radius 3 is 2.50 bits per heavy atom. The molecule has 0 radical (unpaired) electrons. The van der Waals surface area contributed by atoms with E-state index in [1.807, 2.05) is 0 Å². The number of pyridine rings is 1. The van der Waals surface area contributed by atoms with Crippen LogP contribution < -0.4 is 9.47 Å². The van der Waals surface area contributed by atoms with Gasteiger partial charge in [0.05, 0.1) is 23.6 Å². The number of methoxy groups -OCH3 is 1. The minimum atomic E-state index is -4.76. The van der Waals surface area contributed by atoms with Gasteiger partial charge in [-0.25, -0.2) is 4.79 Å². The monoisotopic (exact) mass is 425 g/mol. The summed E-state index contributed by atoms with van der Waals surface area (Å²) in [6.45, 7) is 1.71. The van der Waals surface area contributed by atoms with Crippen molar-refractivity contribution in [3.05, 3.63) is 53.3 Å². The molecule has 0 unspecified atom stereocenters. The predicted molar refractivity (Wildman–Crippen MR) is 101 cm³/mol. The van der Waals surface area contributed by atoms with Crippen LogP contribution in [0.4, 0.5) is 13.2 Å². The smallest absolute Gasteiger partial charge is 0.419 e. The normalized spacial score (nSPS) is 19.6. The lowest BCUT2D eigenvalue weighted by molar-refractivity contribution is -0.139. The van der Waals surface area contributed by atoms with Crippen LogP contribution in [0, 0.1) is 0 Å². The van der Waals surface area contributed by atoms with Gasteiger partial charge in [-0.05, 0) is 30.7 Å². The quantitative estimate of drug-likeness (QED) is 0.649. The Balaban J connectivity index is 1.80. The molecule has 1 N–H and O–H groups in total. The Morgan fingerprint density at radius 1 is 1.23 bits per heavy atom. The number of carbonyl (C=O) groups is 1. The number of benzene rings is 1. The van der Waals surface area contributed by atoms with E-state index in [0.717, 1.165) is 31.0 Å². The molecule has 1 aliphatic rings. The fraction of sp³-hybridized carbons (Fsp3) is 0.429. The average molecular weight is 425 g/mol. The maximum Gasteiger partial charge on any atom is 0.419 e. The van der Waals surface area contributed by atoms with Gasteiger partial charge >= 0.3 is 12.1 Å². The van der Waals surface area contributed by atoms with E-state index in [4.69, 9.17) is 14.2 Å². The highest BCUT2D eigenvalue weighted by molar-refractivity contribution is 5.91. The Kier molecular flexibility index (Phi) is 6.50. The summed E-state index contributed by atoms with van der Waals surface area (Å²) in [6, 6.07) is 6.19. The van der Waals surface area contributed by atoms with E-state index < -0.39 is 35.1 Å². The number of nitrogens with zero attached hydrogens (tertiary/aromatic N) is 1. The Hall–Kier alpha value is -2.81. The van der Waals surface area contributed by atoms with Crippen molar-refractivity contribution in [2.24, 2.45) is 0 Å². The fourth-order valence-electron chi connectivity index (χ4n) is 3.20. The van der Waals surface area contributed by atoms with E-state index in [1.54, 1.807) is 26.2 Å². The minimum absolute atomic E-state index is 0.0395. The lowest BCUT2D eigenvalue weighted by Crippen LogP contribution is -2.38. The van der Waals surface area contributed by atoms with Gasteiger partial charge in [0.1, 0.15) is 29.3 Å². The molecule has 0 saturated heterocycles. The zero-order valence-corrected chi connectivity index (χ0v) is 16.5. The van der Waals surface area contributed by atoms with Crippen molar-refractivity contribution in [3.63, 3.8) is 0 Å². The largest absolute Gasteiger partial charge is 0.489 e. The Labute approximate surface area is 171 Å². The van der Waals surface area contributed by atoms with Crippen molar-refractivity contribution in [3.8, 4) is 11.5 Å². The standard InChI is InChI=1S/C21H22F3NO5/c1-3-18(17-8-7-12(11-25-17)29-14-9-13(10-14)28-2)30-19-15(20(26)27)5-4-6-16(19)21(22,23)24/h4-8,11,13-14,18H,3,9-10H2,1-2H3,(H,26,27)/t13?,14?,18-/m1/s1. The summed E-state index contributed by atoms with van der Waals surface area (Å²) >= 11 is 0. The molecule has 30 heavy (non-hydrogen) atoms. The second-order valence-electron chi connectivity index (χ2n) is 6.99. The van der Waals surface area contributed by atoms with Crippen LogP contribution >= 0.6 is 0 Å². The lowest BCUT2D eigenvalue weighted by atomic mass is 9.92. The predicted octanol–water partition coefficient (Wildman–Crippen LogP) is 4.88. The summed E-state index contributed by atoms with van der Waals surface area (Å²) in [7, 11) is 1.65. The summed E-state index contributed by atoms with van der Waals surface area (Å²) in [5.41, 5.74) is -1.32. The van der Waals surface area contributed by atoms with Gasteiger partial charge < -0.3 is 19.3 Å². The number of para-hydroxylation sites is 1. The second-order valence-corrected chi connectivity index (χ2v) is 6.99. The van der Waals surface area contributed by atoms with Crippen LogP contribution in [0.3, 0.4) is 0 Å². The Bertz CT molecular complexity index is 879. The van der Waals surface area contributed by atoms with Crippen molar-refractivity contribution in [2.45, 2.75) is 50.7 Å². The highest BCUT2D eigenvalue weighted by Crippen LogP contribution is 2.40. The van der Waals surface area contributed by atoms with Crippen molar-refractivity contribution in [2.75, 3.05) is 7.11 Å². The molecule has 162 valence electrons. The molecule has 1 fully saturated rings. The van der Waals surface area contributed by atoms with E-state index in [0.29, 0.717) is 11.4 Å². The number of aromatic carboxylic acids is 1. The van der Waals surface area contributed by atoms with E-state index in [9.17, 15) is 23.1 Å². The minimum Gasteiger partial charge on any atom is -0.489 e. The molecule has 3 rings (SSSR count). The number of ether oxygens (including phenoxy) is 3. The van der Waals surface area contributed by atoms with Crippen molar-refractivity contribution >= 4 is 5.97 Å². The molecule has 0 spiro atoms. The molecule has 0 aliphatic heterocycles. The lowest BCUT2D eigenvalue weighted by Gasteiger charge is -2.34. The SMILES string of the molecule is CC[C@@H](Oc1c(C(=O)O)cccc1C(F)(F)F)c1ccc(OC2CC(OC)C2)cn1. The van der Waals surface area contributed by atoms with Crippen LogP contribution in [0.15, 0.2) is 36.5 Å². The highest BCUT2D eigenvalue weighted by atomic mass is 19.4. The van der Waals surface area contributed by atoms with Gasteiger partial charge in [0.15, 0.2) is 0 Å². The third-order valence-electron chi connectivity index (χ3n) is 4.96. The summed E-state index contributed by atoms with van der Waals surface area (Å²) < 4.78 is 56.7. The van der Waals surface area contributed by atoms with Gasteiger partial charge in [0.25, 0.3) is 0 Å². The molecule has 1 aromatic carbocycles. The fourth-order valence-corrected chi connectivity index (χ4v) is 3.20. The maximum atomic E-state index is 13.4. The number of halogens is 3. The number of aromatic nitrogens is 1. The topological polar surface area (TPSA) is 77.9 Å². The molecular weight excluding hydrogens is 403 g/mol. The van der Waals surface area contributed by atoms with Crippen molar-refractivity contribution in [1.29, 1.82) is 0 Å². The van der Waals surface area contributed by atoms with Gasteiger partial charge in [0.2, 0.25) is 0 Å². The molecule has 6 nitrogen and oxygen atoms in total. The molecular formula is C21H22F3NO5. The molecule has 1 heterocycles.